The number of rotatable bonds is 6. The predicted molar refractivity (Wildman–Crippen MR) is 105 cm³/mol. The van der Waals surface area contributed by atoms with Crippen molar-refractivity contribution in [3.8, 4) is 17.0 Å². The zero-order valence-corrected chi connectivity index (χ0v) is 16.4. The van der Waals surface area contributed by atoms with Crippen LogP contribution in [0.2, 0.25) is 5.15 Å². The summed E-state index contributed by atoms with van der Waals surface area (Å²) in [7, 11) is 0. The zero-order valence-electron chi connectivity index (χ0n) is 15.6. The highest BCUT2D eigenvalue weighted by Gasteiger charge is 2.18. The number of aryl methyl sites for hydroxylation is 1. The molecule has 3 aromatic rings. The van der Waals surface area contributed by atoms with Crippen molar-refractivity contribution in [1.29, 1.82) is 0 Å². The van der Waals surface area contributed by atoms with Gasteiger partial charge < -0.3 is 15.8 Å². The summed E-state index contributed by atoms with van der Waals surface area (Å²) in [6, 6.07) is 5.19. The molecule has 0 fully saturated rings. The minimum atomic E-state index is -0.671. The lowest BCUT2D eigenvalue weighted by atomic mass is 10.1. The van der Waals surface area contributed by atoms with E-state index < -0.39 is 11.6 Å². The number of benzene rings is 1. The fourth-order valence-corrected chi connectivity index (χ4v) is 2.96. The topological polar surface area (TPSA) is 88.9 Å². The van der Waals surface area contributed by atoms with Gasteiger partial charge in [-0.1, -0.05) is 11.6 Å². The smallest absolute Gasteiger partial charge is 0.149 e. The lowest BCUT2D eigenvalue weighted by Gasteiger charge is -2.17. The van der Waals surface area contributed by atoms with Crippen LogP contribution in [0.1, 0.15) is 25.1 Å². The van der Waals surface area contributed by atoms with Crippen LogP contribution in [0.5, 0.6) is 5.75 Å². The second-order valence-corrected chi connectivity index (χ2v) is 6.90. The van der Waals surface area contributed by atoms with Crippen molar-refractivity contribution >= 4 is 23.1 Å². The predicted octanol–water partition coefficient (Wildman–Crippen LogP) is 4.69. The van der Waals surface area contributed by atoms with E-state index in [2.05, 4.69) is 20.5 Å². The van der Waals surface area contributed by atoms with E-state index in [1.807, 2.05) is 13.8 Å². The van der Waals surface area contributed by atoms with Gasteiger partial charge in [0, 0.05) is 17.7 Å². The second-order valence-electron chi connectivity index (χ2n) is 6.52. The van der Waals surface area contributed by atoms with Crippen LogP contribution in [0, 0.1) is 18.6 Å². The summed E-state index contributed by atoms with van der Waals surface area (Å²) in [5.74, 6) is -0.812. The van der Waals surface area contributed by atoms with Gasteiger partial charge >= 0.3 is 0 Å². The third kappa shape index (κ3) is 4.17. The van der Waals surface area contributed by atoms with Gasteiger partial charge in [-0.25, -0.2) is 13.8 Å². The Balaban J connectivity index is 2.01. The maximum absolute atomic E-state index is 14.8. The molecule has 0 unspecified atom stereocenters. The van der Waals surface area contributed by atoms with Crippen LogP contribution in [0.3, 0.4) is 0 Å². The van der Waals surface area contributed by atoms with Crippen molar-refractivity contribution in [2.24, 2.45) is 0 Å². The van der Waals surface area contributed by atoms with Gasteiger partial charge in [0.25, 0.3) is 0 Å². The lowest BCUT2D eigenvalue weighted by Crippen LogP contribution is -2.11. The van der Waals surface area contributed by atoms with Crippen LogP contribution >= 0.6 is 11.6 Å². The highest BCUT2D eigenvalue weighted by Crippen LogP contribution is 2.33. The van der Waals surface area contributed by atoms with Gasteiger partial charge in [-0.05, 0) is 45.0 Å². The summed E-state index contributed by atoms with van der Waals surface area (Å²) in [5, 5.41) is 10.1. The number of hydrogen-bond donors (Lipinski definition) is 3. The zero-order chi connectivity index (χ0) is 20.4. The van der Waals surface area contributed by atoms with Crippen molar-refractivity contribution < 1.29 is 13.5 Å². The summed E-state index contributed by atoms with van der Waals surface area (Å²) < 4.78 is 34.8. The molecule has 0 saturated heterocycles. The fraction of sp³-hybridized carbons (Fsp3) is 0.263. The molecule has 0 radical (unpaired) electrons. The normalized spacial score (nSPS) is 11.1. The van der Waals surface area contributed by atoms with Gasteiger partial charge in [0.15, 0.2) is 0 Å². The summed E-state index contributed by atoms with van der Waals surface area (Å²) in [6.07, 6.45) is -0.171. The van der Waals surface area contributed by atoms with Gasteiger partial charge in [0.2, 0.25) is 0 Å². The third-order valence-corrected chi connectivity index (χ3v) is 4.27. The molecular weight excluding hydrogens is 388 g/mol. The number of nitrogen functional groups attached to an aromatic ring is 1. The third-order valence-electron chi connectivity index (χ3n) is 3.99. The largest absolute Gasteiger partial charge is 0.491 e. The van der Waals surface area contributed by atoms with Crippen molar-refractivity contribution in [2.45, 2.75) is 33.4 Å². The van der Waals surface area contributed by atoms with Crippen LogP contribution in [0.15, 0.2) is 24.3 Å². The molecule has 1 aromatic carbocycles. The Hall–Kier alpha value is -2.87. The molecular formula is C19H20ClF2N5O. The molecule has 148 valence electrons. The number of aromatic nitrogens is 3. The number of pyridine rings is 1. The quantitative estimate of drug-likeness (QED) is 0.551. The number of hydrogen-bond acceptors (Lipinski definition) is 5. The number of nitrogens with zero attached hydrogens (tertiary/aromatic N) is 2. The van der Waals surface area contributed by atoms with E-state index in [0.717, 1.165) is 6.07 Å². The molecule has 0 saturated carbocycles. The minimum absolute atomic E-state index is 0.0262. The van der Waals surface area contributed by atoms with Gasteiger partial charge in [-0.15, -0.1) is 0 Å². The molecule has 0 atom stereocenters. The molecule has 4 N–H and O–H groups in total. The van der Waals surface area contributed by atoms with E-state index in [1.54, 1.807) is 6.92 Å². The molecule has 0 bridgehead atoms. The number of H-pyrrole nitrogens is 1. The summed E-state index contributed by atoms with van der Waals surface area (Å²) in [5.41, 5.74) is 7.27. The number of nitrogens with one attached hydrogen (secondary N) is 2. The first-order valence-corrected chi connectivity index (χ1v) is 9.00. The molecule has 9 heteroatoms. The van der Waals surface area contributed by atoms with Crippen molar-refractivity contribution in [3.63, 3.8) is 0 Å². The van der Waals surface area contributed by atoms with Gasteiger partial charge in [0.05, 0.1) is 17.5 Å². The first-order valence-electron chi connectivity index (χ1n) is 8.62. The molecule has 0 aliphatic heterocycles. The molecule has 28 heavy (non-hydrogen) atoms. The van der Waals surface area contributed by atoms with Crippen LogP contribution in [-0.4, -0.2) is 21.3 Å². The second kappa shape index (κ2) is 8.02. The van der Waals surface area contributed by atoms with E-state index in [-0.39, 0.29) is 29.7 Å². The molecule has 0 aliphatic carbocycles. The van der Waals surface area contributed by atoms with Gasteiger partial charge in [-0.3, -0.25) is 5.10 Å². The number of ether oxygens (including phenoxy) is 1. The summed E-state index contributed by atoms with van der Waals surface area (Å²) in [6.45, 7) is 5.70. The van der Waals surface area contributed by atoms with E-state index in [1.165, 1.54) is 18.2 Å². The Labute approximate surface area is 166 Å². The Morgan fingerprint density at radius 1 is 1.25 bits per heavy atom. The first-order chi connectivity index (χ1) is 13.3. The molecule has 2 heterocycles. The molecule has 0 aliphatic rings. The lowest BCUT2D eigenvalue weighted by molar-refractivity contribution is 0.240. The van der Waals surface area contributed by atoms with Gasteiger partial charge in [-0.2, -0.15) is 5.10 Å². The maximum Gasteiger partial charge on any atom is 0.149 e. The number of anilines is 2. The highest BCUT2D eigenvalue weighted by molar-refractivity contribution is 6.32. The Kier molecular flexibility index (Phi) is 5.69. The molecule has 0 amide bonds. The maximum atomic E-state index is 14.8. The van der Waals surface area contributed by atoms with Crippen molar-refractivity contribution in [3.05, 3.63) is 52.3 Å². The van der Waals surface area contributed by atoms with Crippen LogP contribution < -0.4 is 15.8 Å². The summed E-state index contributed by atoms with van der Waals surface area (Å²) >= 11 is 6.06. The van der Waals surface area contributed by atoms with Crippen LogP contribution in [0.25, 0.3) is 11.3 Å². The van der Waals surface area contributed by atoms with E-state index in [0.29, 0.717) is 27.8 Å². The standard InChI is InChI=1S/C19H20ClF2N5O/c1-9(2)28-15-7-12(18-13(21)4-5-16(23)25-18)14(22)6-11(15)8-24-17-10(3)26-27-19(17)20/h4-7,9,24H,8H2,1-3H3,(H2,23,25)(H,26,27). The summed E-state index contributed by atoms with van der Waals surface area (Å²) in [4.78, 5) is 3.93. The molecule has 6 nitrogen and oxygen atoms in total. The van der Waals surface area contributed by atoms with E-state index in [9.17, 15) is 8.78 Å². The first kappa shape index (κ1) is 19.9. The number of aromatic amines is 1. The molecule has 2 aromatic heterocycles. The van der Waals surface area contributed by atoms with Crippen LogP contribution in [-0.2, 0) is 6.54 Å². The average Bonchev–Trinajstić information content (AvgIpc) is 2.95. The van der Waals surface area contributed by atoms with Crippen LogP contribution in [0.4, 0.5) is 20.3 Å². The Bertz CT molecular complexity index is 987. The van der Waals surface area contributed by atoms with E-state index >= 15 is 0 Å². The van der Waals surface area contributed by atoms with Crippen molar-refractivity contribution in [1.82, 2.24) is 15.2 Å². The van der Waals surface area contributed by atoms with Crippen molar-refractivity contribution in [2.75, 3.05) is 11.1 Å². The minimum Gasteiger partial charge on any atom is -0.491 e. The Morgan fingerprint density at radius 3 is 2.64 bits per heavy atom. The highest BCUT2D eigenvalue weighted by atomic mass is 35.5. The fourth-order valence-electron chi connectivity index (χ4n) is 2.72. The average molecular weight is 408 g/mol. The van der Waals surface area contributed by atoms with Gasteiger partial charge in [0.1, 0.15) is 34.0 Å². The molecule has 0 spiro atoms. The Morgan fingerprint density at radius 2 is 2.00 bits per heavy atom. The molecule has 3 rings (SSSR count). The van der Waals surface area contributed by atoms with E-state index in [4.69, 9.17) is 22.1 Å². The SMILES string of the molecule is Cc1n[nH]c(Cl)c1NCc1cc(F)c(-c2nc(N)ccc2F)cc1OC(C)C. The monoisotopic (exact) mass is 407 g/mol. The number of halogens is 3. The number of nitrogens with two attached hydrogens (primary N) is 1.